The van der Waals surface area contributed by atoms with Gasteiger partial charge in [-0.1, -0.05) is 12.1 Å². The maximum Gasteiger partial charge on any atom is 0.123 e. The number of imidazole rings is 1. The molecule has 3 nitrogen and oxygen atoms in total. The fourth-order valence-electron chi connectivity index (χ4n) is 1.84. The molecule has 1 aromatic heterocycles. The fraction of sp³-hybridized carbons (Fsp3) is 0.308. The Labute approximate surface area is 100 Å². The maximum absolute atomic E-state index is 12.8. The molecule has 17 heavy (non-hydrogen) atoms. The minimum Gasteiger partial charge on any atom is -0.335 e. The SMILES string of the molecule is CCn1ccnc1CC(N)c1ccc(F)cc1. The van der Waals surface area contributed by atoms with Crippen LogP contribution in [0.4, 0.5) is 4.39 Å². The van der Waals surface area contributed by atoms with Crippen LogP contribution in [0.2, 0.25) is 0 Å². The average molecular weight is 233 g/mol. The lowest BCUT2D eigenvalue weighted by molar-refractivity contribution is 0.615. The molecule has 1 unspecified atom stereocenters. The van der Waals surface area contributed by atoms with Crippen LogP contribution >= 0.6 is 0 Å². The molecule has 1 heterocycles. The number of hydrogen-bond donors (Lipinski definition) is 1. The number of hydrogen-bond acceptors (Lipinski definition) is 2. The van der Waals surface area contributed by atoms with Crippen molar-refractivity contribution in [2.45, 2.75) is 25.9 Å². The van der Waals surface area contributed by atoms with Crippen LogP contribution in [0.3, 0.4) is 0 Å². The Morgan fingerprint density at radius 1 is 1.35 bits per heavy atom. The maximum atomic E-state index is 12.8. The summed E-state index contributed by atoms with van der Waals surface area (Å²) in [4.78, 5) is 4.28. The van der Waals surface area contributed by atoms with Crippen LogP contribution < -0.4 is 5.73 Å². The van der Waals surface area contributed by atoms with Crippen molar-refractivity contribution in [2.75, 3.05) is 0 Å². The second-order valence-corrected chi connectivity index (χ2v) is 3.99. The summed E-state index contributed by atoms with van der Waals surface area (Å²) in [6.07, 6.45) is 4.37. The molecule has 0 bridgehead atoms. The second-order valence-electron chi connectivity index (χ2n) is 3.99. The van der Waals surface area contributed by atoms with E-state index >= 15 is 0 Å². The van der Waals surface area contributed by atoms with E-state index in [4.69, 9.17) is 5.73 Å². The van der Waals surface area contributed by atoms with E-state index in [-0.39, 0.29) is 11.9 Å². The summed E-state index contributed by atoms with van der Waals surface area (Å²) in [7, 11) is 0. The molecule has 0 aliphatic rings. The molecule has 2 N–H and O–H groups in total. The van der Waals surface area contributed by atoms with Gasteiger partial charge in [0.05, 0.1) is 0 Å². The van der Waals surface area contributed by atoms with Crippen LogP contribution in [0, 0.1) is 5.82 Å². The molecule has 2 rings (SSSR count). The van der Waals surface area contributed by atoms with Gasteiger partial charge in [-0.15, -0.1) is 0 Å². The van der Waals surface area contributed by atoms with Crippen LogP contribution in [0.15, 0.2) is 36.7 Å². The molecule has 0 spiro atoms. The second kappa shape index (κ2) is 5.10. The zero-order valence-electron chi connectivity index (χ0n) is 9.81. The molecule has 0 radical (unpaired) electrons. The first-order chi connectivity index (χ1) is 8.20. The Hall–Kier alpha value is -1.68. The third-order valence-electron chi connectivity index (χ3n) is 2.84. The first-order valence-corrected chi connectivity index (χ1v) is 5.71. The van der Waals surface area contributed by atoms with Crippen molar-refractivity contribution in [3.05, 3.63) is 53.9 Å². The summed E-state index contributed by atoms with van der Waals surface area (Å²) in [5, 5.41) is 0. The number of aryl methyl sites for hydroxylation is 1. The number of nitrogens with zero attached hydrogens (tertiary/aromatic N) is 2. The van der Waals surface area contributed by atoms with Gasteiger partial charge in [0, 0.05) is 31.4 Å². The van der Waals surface area contributed by atoms with Crippen molar-refractivity contribution in [2.24, 2.45) is 5.73 Å². The van der Waals surface area contributed by atoms with Gasteiger partial charge in [-0.3, -0.25) is 0 Å². The van der Waals surface area contributed by atoms with Crippen LogP contribution in [0.25, 0.3) is 0 Å². The van der Waals surface area contributed by atoms with Gasteiger partial charge in [0.25, 0.3) is 0 Å². The molecular formula is C13H16FN3. The predicted octanol–water partition coefficient (Wildman–Crippen LogP) is 2.28. The largest absolute Gasteiger partial charge is 0.335 e. The van der Waals surface area contributed by atoms with E-state index in [0.29, 0.717) is 6.42 Å². The highest BCUT2D eigenvalue weighted by atomic mass is 19.1. The minimum atomic E-state index is -0.240. The van der Waals surface area contributed by atoms with E-state index in [2.05, 4.69) is 16.5 Å². The van der Waals surface area contributed by atoms with Gasteiger partial charge in [-0.25, -0.2) is 9.37 Å². The van der Waals surface area contributed by atoms with Gasteiger partial charge in [-0.2, -0.15) is 0 Å². The third kappa shape index (κ3) is 2.71. The summed E-state index contributed by atoms with van der Waals surface area (Å²) in [6.45, 7) is 2.94. The van der Waals surface area contributed by atoms with Gasteiger partial charge < -0.3 is 10.3 Å². The Bertz CT molecular complexity index is 476. The zero-order chi connectivity index (χ0) is 12.3. The molecule has 0 aliphatic heterocycles. The molecular weight excluding hydrogens is 217 g/mol. The lowest BCUT2D eigenvalue weighted by atomic mass is 10.0. The Kier molecular flexibility index (Phi) is 3.54. The van der Waals surface area contributed by atoms with Crippen LogP contribution in [-0.2, 0) is 13.0 Å². The smallest absolute Gasteiger partial charge is 0.123 e. The lowest BCUT2D eigenvalue weighted by Gasteiger charge is -2.12. The van der Waals surface area contributed by atoms with E-state index in [1.54, 1.807) is 18.3 Å². The van der Waals surface area contributed by atoms with Gasteiger partial charge in [0.1, 0.15) is 11.6 Å². The summed E-state index contributed by atoms with van der Waals surface area (Å²) in [5.74, 6) is 0.723. The Balaban J connectivity index is 2.11. The number of aromatic nitrogens is 2. The van der Waals surface area contributed by atoms with Gasteiger partial charge in [-0.05, 0) is 24.6 Å². The van der Waals surface area contributed by atoms with Crippen molar-refractivity contribution in [1.82, 2.24) is 9.55 Å². The molecule has 0 amide bonds. The van der Waals surface area contributed by atoms with E-state index < -0.39 is 0 Å². The van der Waals surface area contributed by atoms with Crippen LogP contribution in [0.1, 0.15) is 24.4 Å². The molecule has 0 fully saturated rings. The van der Waals surface area contributed by atoms with Gasteiger partial charge in [0.15, 0.2) is 0 Å². The average Bonchev–Trinajstić information content (AvgIpc) is 2.77. The standard InChI is InChI=1S/C13H16FN3/c1-2-17-8-7-16-13(17)9-12(15)10-3-5-11(14)6-4-10/h3-8,12H,2,9,15H2,1H3. The summed E-state index contributed by atoms with van der Waals surface area (Å²) < 4.78 is 14.8. The van der Waals surface area contributed by atoms with Crippen molar-refractivity contribution in [1.29, 1.82) is 0 Å². The van der Waals surface area contributed by atoms with E-state index in [1.807, 2.05) is 6.20 Å². The minimum absolute atomic E-state index is 0.150. The summed E-state index contributed by atoms with van der Waals surface area (Å²) in [6, 6.07) is 6.16. The van der Waals surface area contributed by atoms with Crippen molar-refractivity contribution in [3.63, 3.8) is 0 Å². The van der Waals surface area contributed by atoms with Crippen molar-refractivity contribution < 1.29 is 4.39 Å². The third-order valence-corrected chi connectivity index (χ3v) is 2.84. The molecule has 1 aromatic carbocycles. The highest BCUT2D eigenvalue weighted by Gasteiger charge is 2.10. The lowest BCUT2D eigenvalue weighted by Crippen LogP contribution is -2.16. The number of nitrogens with two attached hydrogens (primary N) is 1. The summed E-state index contributed by atoms with van der Waals surface area (Å²) in [5.41, 5.74) is 7.01. The van der Waals surface area contributed by atoms with Crippen LogP contribution in [-0.4, -0.2) is 9.55 Å². The quantitative estimate of drug-likeness (QED) is 0.880. The van der Waals surface area contributed by atoms with Gasteiger partial charge >= 0.3 is 0 Å². The molecule has 0 aliphatic carbocycles. The first-order valence-electron chi connectivity index (χ1n) is 5.71. The molecule has 4 heteroatoms. The summed E-state index contributed by atoms with van der Waals surface area (Å²) >= 11 is 0. The normalized spacial score (nSPS) is 12.6. The highest BCUT2D eigenvalue weighted by molar-refractivity contribution is 5.20. The highest BCUT2D eigenvalue weighted by Crippen LogP contribution is 2.15. The van der Waals surface area contributed by atoms with Crippen molar-refractivity contribution in [3.8, 4) is 0 Å². The monoisotopic (exact) mass is 233 g/mol. The fourth-order valence-corrected chi connectivity index (χ4v) is 1.84. The zero-order valence-corrected chi connectivity index (χ0v) is 9.81. The molecule has 90 valence electrons. The van der Waals surface area contributed by atoms with E-state index in [9.17, 15) is 4.39 Å². The first kappa shape index (κ1) is 11.8. The van der Waals surface area contributed by atoms with Gasteiger partial charge in [0.2, 0.25) is 0 Å². The molecule has 0 saturated heterocycles. The Morgan fingerprint density at radius 3 is 2.71 bits per heavy atom. The number of halogens is 1. The van der Waals surface area contributed by atoms with Crippen molar-refractivity contribution >= 4 is 0 Å². The van der Waals surface area contributed by atoms with E-state index in [0.717, 1.165) is 17.9 Å². The molecule has 1 atom stereocenters. The number of rotatable bonds is 4. The van der Waals surface area contributed by atoms with Crippen LogP contribution in [0.5, 0.6) is 0 Å². The molecule has 2 aromatic rings. The van der Waals surface area contributed by atoms with E-state index in [1.165, 1.54) is 12.1 Å². The predicted molar refractivity (Wildman–Crippen MR) is 64.9 cm³/mol. The topological polar surface area (TPSA) is 43.8 Å². The Morgan fingerprint density at radius 2 is 2.06 bits per heavy atom. The molecule has 0 saturated carbocycles. The number of benzene rings is 1.